The number of nitrogen functional groups attached to an aromatic ring is 1. The Morgan fingerprint density at radius 2 is 1.32 bits per heavy atom. The number of hydrogen-bond donors (Lipinski definition) is 2. The van der Waals surface area contributed by atoms with Crippen LogP contribution in [0.1, 0.15) is 0 Å². The minimum atomic E-state index is 0.435. The molecule has 0 amide bonds. The zero-order valence-corrected chi connectivity index (χ0v) is 10.4. The molecule has 0 aromatic heterocycles. The normalized spacial score (nSPS) is 10.2. The van der Waals surface area contributed by atoms with Gasteiger partial charge in [0.25, 0.3) is 0 Å². The first-order valence-electron chi connectivity index (χ1n) is 5.94. The maximum Gasteiger partial charge on any atom is 0.129 e. The van der Waals surface area contributed by atoms with E-state index in [1.165, 1.54) is 0 Å². The number of rotatable bonds is 6. The van der Waals surface area contributed by atoms with Crippen LogP contribution in [0.25, 0.3) is 0 Å². The van der Waals surface area contributed by atoms with E-state index >= 15 is 0 Å². The summed E-state index contributed by atoms with van der Waals surface area (Å²) in [6.45, 7) is 0.879. The second-order valence-electron chi connectivity index (χ2n) is 3.95. The Morgan fingerprint density at radius 3 is 1.79 bits per heavy atom. The van der Waals surface area contributed by atoms with Crippen LogP contribution in [0.3, 0.4) is 0 Å². The fourth-order valence-electron chi connectivity index (χ4n) is 1.53. The number of ether oxygens (including phenoxy) is 2. The van der Waals surface area contributed by atoms with E-state index in [9.17, 15) is 5.21 Å². The molecule has 5 heteroatoms. The van der Waals surface area contributed by atoms with Crippen molar-refractivity contribution in [3.05, 3.63) is 53.7 Å². The maximum atomic E-state index is 10.5. The Balaban J connectivity index is 1.72. The second kappa shape index (κ2) is 6.63. The number of quaternary nitrogens is 1. The molecule has 100 valence electrons. The lowest BCUT2D eigenvalue weighted by Crippen LogP contribution is -2.69. The van der Waals surface area contributed by atoms with Gasteiger partial charge in [0.2, 0.25) is 0 Å². The number of benzene rings is 2. The first-order chi connectivity index (χ1) is 9.28. The van der Waals surface area contributed by atoms with Crippen LogP contribution in [0.2, 0.25) is 0 Å². The fourth-order valence-corrected chi connectivity index (χ4v) is 1.53. The molecule has 4 N–H and O–H groups in total. The van der Waals surface area contributed by atoms with Crippen LogP contribution >= 0.6 is 0 Å². The molecule has 0 saturated carbocycles. The molecular weight excluding hydrogens is 244 g/mol. The summed E-state index contributed by atoms with van der Waals surface area (Å²) in [5.41, 5.74) is 7.71. The topological polar surface area (TPSA) is 84.2 Å². The van der Waals surface area contributed by atoms with Gasteiger partial charge in [0.05, 0.1) is 0 Å². The Labute approximate surface area is 111 Å². The van der Waals surface area contributed by atoms with E-state index in [0.29, 0.717) is 30.3 Å². The minimum absolute atomic E-state index is 0.435. The summed E-state index contributed by atoms with van der Waals surface area (Å²) in [4.78, 5) is 0. The van der Waals surface area contributed by atoms with E-state index in [1.54, 1.807) is 36.4 Å². The Bertz CT molecular complexity index is 497. The first kappa shape index (κ1) is 13.2. The van der Waals surface area contributed by atoms with Crippen LogP contribution in [-0.2, 0) is 0 Å². The van der Waals surface area contributed by atoms with Gasteiger partial charge in [0.1, 0.15) is 30.4 Å². The van der Waals surface area contributed by atoms with Crippen molar-refractivity contribution in [3.63, 3.8) is 0 Å². The maximum absolute atomic E-state index is 10.5. The highest BCUT2D eigenvalue weighted by atomic mass is 16.5. The molecule has 2 rings (SSSR count). The molecule has 2 aromatic rings. The van der Waals surface area contributed by atoms with E-state index < -0.39 is 0 Å². The first-order valence-corrected chi connectivity index (χ1v) is 5.94. The van der Waals surface area contributed by atoms with Gasteiger partial charge in [-0.1, -0.05) is 0 Å². The minimum Gasteiger partial charge on any atom is -0.630 e. The lowest BCUT2D eigenvalue weighted by molar-refractivity contribution is -0.497. The quantitative estimate of drug-likeness (QED) is 0.467. The molecule has 0 heterocycles. The van der Waals surface area contributed by atoms with Crippen molar-refractivity contribution in [2.45, 2.75) is 0 Å². The second-order valence-corrected chi connectivity index (χ2v) is 3.95. The van der Waals surface area contributed by atoms with Crippen molar-refractivity contribution in [3.8, 4) is 11.5 Å². The Kier molecular flexibility index (Phi) is 4.60. The number of nitrogens with two attached hydrogens (primary N) is 2. The summed E-state index contributed by atoms with van der Waals surface area (Å²) in [6, 6.07) is 14.1. The lowest BCUT2D eigenvalue weighted by atomic mass is 10.3. The van der Waals surface area contributed by atoms with E-state index in [0.717, 1.165) is 11.2 Å². The van der Waals surface area contributed by atoms with Crippen molar-refractivity contribution in [2.24, 2.45) is 0 Å². The average Bonchev–Trinajstić information content (AvgIpc) is 2.46. The fraction of sp³-hybridized carbons (Fsp3) is 0.143. The molecule has 0 aliphatic carbocycles. The van der Waals surface area contributed by atoms with Crippen molar-refractivity contribution in [2.75, 3.05) is 18.9 Å². The molecule has 0 spiro atoms. The van der Waals surface area contributed by atoms with Gasteiger partial charge in [-0.05, 0) is 36.4 Å². The molecule has 0 bridgehead atoms. The van der Waals surface area contributed by atoms with Gasteiger partial charge in [-0.25, -0.2) is 0 Å². The van der Waals surface area contributed by atoms with Crippen molar-refractivity contribution in [1.29, 1.82) is 0 Å². The van der Waals surface area contributed by atoms with Crippen LogP contribution in [0.5, 0.6) is 11.5 Å². The van der Waals surface area contributed by atoms with E-state index in [4.69, 9.17) is 15.2 Å². The molecular formula is C14H16N2O3. The Morgan fingerprint density at radius 1 is 0.842 bits per heavy atom. The zero-order chi connectivity index (χ0) is 13.5. The van der Waals surface area contributed by atoms with Crippen LogP contribution in [0.15, 0.2) is 48.5 Å². The van der Waals surface area contributed by atoms with Crippen molar-refractivity contribution in [1.82, 2.24) is 0 Å². The molecule has 0 radical (unpaired) electrons. The molecule has 19 heavy (non-hydrogen) atoms. The zero-order valence-electron chi connectivity index (χ0n) is 10.4. The van der Waals surface area contributed by atoms with E-state index in [2.05, 4.69) is 0 Å². The molecule has 0 saturated heterocycles. The summed E-state index contributed by atoms with van der Waals surface area (Å²) in [5.74, 6) is 1.47. The largest absolute Gasteiger partial charge is 0.630 e. The van der Waals surface area contributed by atoms with Gasteiger partial charge in [-0.3, -0.25) is 0 Å². The summed E-state index contributed by atoms with van der Waals surface area (Å²) in [7, 11) is 0. The van der Waals surface area contributed by atoms with Gasteiger partial charge in [0, 0.05) is 17.8 Å². The molecule has 5 nitrogen and oxygen atoms in total. The third kappa shape index (κ3) is 4.17. The third-order valence-electron chi connectivity index (χ3n) is 2.52. The van der Waals surface area contributed by atoms with Gasteiger partial charge in [-0.2, -0.15) is 0 Å². The molecule has 0 unspecified atom stereocenters. The van der Waals surface area contributed by atoms with Gasteiger partial charge >= 0.3 is 0 Å². The third-order valence-corrected chi connectivity index (χ3v) is 2.52. The number of anilines is 1. The number of hydrogen-bond acceptors (Lipinski definition) is 4. The Hall–Kier alpha value is -2.24. The average molecular weight is 260 g/mol. The van der Waals surface area contributed by atoms with Crippen LogP contribution < -0.4 is 20.7 Å². The van der Waals surface area contributed by atoms with Crippen molar-refractivity contribution >= 4 is 11.4 Å². The molecule has 0 fully saturated rings. The molecule has 2 aromatic carbocycles. The van der Waals surface area contributed by atoms with Gasteiger partial charge in [-0.15, -0.1) is 0 Å². The standard InChI is InChI=1S/C14H16N2O3/c15-11-1-5-13(6-2-11)18-9-10-19-14-7-3-12(16-17)4-8-14/h1-8H,9-10,15-16H2. The monoisotopic (exact) mass is 260 g/mol. The van der Waals surface area contributed by atoms with Crippen molar-refractivity contribution < 1.29 is 15.0 Å². The molecule has 0 aliphatic heterocycles. The lowest BCUT2D eigenvalue weighted by Gasteiger charge is -2.09. The summed E-state index contributed by atoms with van der Waals surface area (Å²) < 4.78 is 11.0. The predicted octanol–water partition coefficient (Wildman–Crippen LogP) is 1.42. The van der Waals surface area contributed by atoms with Crippen LogP contribution in [-0.4, -0.2) is 13.2 Å². The van der Waals surface area contributed by atoms with Crippen LogP contribution in [0.4, 0.5) is 11.4 Å². The van der Waals surface area contributed by atoms with Crippen LogP contribution in [0, 0.1) is 5.21 Å². The van der Waals surface area contributed by atoms with E-state index in [1.807, 2.05) is 12.1 Å². The summed E-state index contributed by atoms with van der Waals surface area (Å²) in [6.07, 6.45) is 0. The van der Waals surface area contributed by atoms with Gasteiger partial charge < -0.3 is 25.9 Å². The summed E-state index contributed by atoms with van der Waals surface area (Å²) >= 11 is 0. The SMILES string of the molecule is Nc1ccc(OCCOc2ccc([NH2+][O-])cc2)cc1. The molecule has 0 aliphatic rings. The predicted molar refractivity (Wildman–Crippen MR) is 73.2 cm³/mol. The smallest absolute Gasteiger partial charge is 0.129 e. The highest BCUT2D eigenvalue weighted by Gasteiger charge is 1.97. The summed E-state index contributed by atoms with van der Waals surface area (Å²) in [5, 5.41) is 10.5. The molecule has 0 atom stereocenters. The van der Waals surface area contributed by atoms with E-state index in [-0.39, 0.29) is 0 Å². The van der Waals surface area contributed by atoms with Gasteiger partial charge in [0.15, 0.2) is 0 Å². The highest BCUT2D eigenvalue weighted by Crippen LogP contribution is 2.14. The highest BCUT2D eigenvalue weighted by molar-refractivity contribution is 5.41.